The van der Waals surface area contributed by atoms with Gasteiger partial charge in [0.1, 0.15) is 12.4 Å². The molecule has 5 rings (SSSR count). The van der Waals surface area contributed by atoms with Gasteiger partial charge in [0.25, 0.3) is 5.56 Å². The molecule has 0 saturated heterocycles. The second-order valence-corrected chi connectivity index (χ2v) is 12.7. The molecule has 0 N–H and O–H groups in total. The summed E-state index contributed by atoms with van der Waals surface area (Å²) < 4.78 is 15.0. The number of esters is 1. The van der Waals surface area contributed by atoms with E-state index in [1.807, 2.05) is 48.5 Å². The third kappa shape index (κ3) is 6.39. The van der Waals surface area contributed by atoms with Crippen LogP contribution in [0.3, 0.4) is 0 Å². The van der Waals surface area contributed by atoms with Gasteiger partial charge in [-0.25, -0.2) is 9.79 Å². The van der Waals surface area contributed by atoms with Crippen molar-refractivity contribution in [1.82, 2.24) is 4.57 Å². The Hall–Kier alpha value is -2.69. The van der Waals surface area contributed by atoms with Crippen molar-refractivity contribution in [2.75, 3.05) is 6.61 Å². The maximum atomic E-state index is 13.8. The van der Waals surface area contributed by atoms with E-state index in [1.165, 1.54) is 11.3 Å². The van der Waals surface area contributed by atoms with Crippen molar-refractivity contribution in [3.05, 3.63) is 127 Å². The molecular formula is C30H22Br2Cl2N2O4S. The highest BCUT2D eigenvalue weighted by Crippen LogP contribution is 2.32. The van der Waals surface area contributed by atoms with Gasteiger partial charge < -0.3 is 9.47 Å². The van der Waals surface area contributed by atoms with Gasteiger partial charge in [0.05, 0.1) is 32.9 Å². The van der Waals surface area contributed by atoms with Crippen LogP contribution in [-0.2, 0) is 16.1 Å². The van der Waals surface area contributed by atoms with E-state index in [-0.39, 0.29) is 18.8 Å². The van der Waals surface area contributed by atoms with Crippen LogP contribution in [0.25, 0.3) is 6.08 Å². The number of fused-ring (bicyclic) bond motifs is 1. The van der Waals surface area contributed by atoms with Crippen molar-refractivity contribution in [2.24, 2.45) is 4.99 Å². The number of allylic oxidation sites excluding steroid dienone is 1. The first-order valence-corrected chi connectivity index (χ1v) is 15.6. The molecule has 0 bridgehead atoms. The molecule has 1 atom stereocenters. The number of nitrogens with zero attached hydrogens (tertiary/aromatic N) is 2. The van der Waals surface area contributed by atoms with Crippen LogP contribution >= 0.6 is 66.4 Å². The molecule has 1 aliphatic rings. The lowest BCUT2D eigenvalue weighted by Crippen LogP contribution is -2.39. The first kappa shape index (κ1) is 29.8. The van der Waals surface area contributed by atoms with Crippen LogP contribution in [0.5, 0.6) is 5.75 Å². The van der Waals surface area contributed by atoms with Gasteiger partial charge in [0.2, 0.25) is 0 Å². The molecule has 0 spiro atoms. The highest BCUT2D eigenvalue weighted by atomic mass is 79.9. The van der Waals surface area contributed by atoms with Crippen molar-refractivity contribution in [1.29, 1.82) is 0 Å². The Bertz CT molecular complexity index is 1870. The van der Waals surface area contributed by atoms with Gasteiger partial charge in [-0.3, -0.25) is 9.36 Å². The van der Waals surface area contributed by atoms with E-state index in [0.717, 1.165) is 25.6 Å². The monoisotopic (exact) mass is 734 g/mol. The summed E-state index contributed by atoms with van der Waals surface area (Å²) in [6, 6.07) is 17.7. The molecule has 11 heteroatoms. The molecular weight excluding hydrogens is 715 g/mol. The Morgan fingerprint density at radius 1 is 1.10 bits per heavy atom. The van der Waals surface area contributed by atoms with Gasteiger partial charge in [-0.2, -0.15) is 0 Å². The average Bonchev–Trinajstić information content (AvgIpc) is 3.23. The Labute approximate surface area is 266 Å². The molecule has 0 aliphatic carbocycles. The number of carbonyl (C=O) groups is 1. The Balaban J connectivity index is 1.51. The zero-order valence-electron chi connectivity index (χ0n) is 21.8. The third-order valence-corrected chi connectivity index (χ3v) is 9.07. The molecule has 2 heterocycles. The normalized spacial score (nSPS) is 15.0. The molecule has 41 heavy (non-hydrogen) atoms. The number of rotatable bonds is 7. The quantitative estimate of drug-likeness (QED) is 0.188. The molecule has 210 valence electrons. The van der Waals surface area contributed by atoms with Crippen LogP contribution in [0.15, 0.2) is 90.7 Å². The van der Waals surface area contributed by atoms with E-state index >= 15 is 0 Å². The summed E-state index contributed by atoms with van der Waals surface area (Å²) in [6.45, 7) is 4.00. The van der Waals surface area contributed by atoms with Gasteiger partial charge >= 0.3 is 5.97 Å². The summed E-state index contributed by atoms with van der Waals surface area (Å²) in [5.41, 5.74) is 3.01. The summed E-state index contributed by atoms with van der Waals surface area (Å²) in [4.78, 5) is 32.0. The topological polar surface area (TPSA) is 69.9 Å². The average molecular weight is 737 g/mol. The highest BCUT2D eigenvalue weighted by Gasteiger charge is 2.33. The first-order valence-electron chi connectivity index (χ1n) is 12.5. The van der Waals surface area contributed by atoms with E-state index in [9.17, 15) is 9.59 Å². The fourth-order valence-corrected chi connectivity index (χ4v) is 6.71. The van der Waals surface area contributed by atoms with Gasteiger partial charge in [-0.05, 0) is 83.4 Å². The minimum Gasteiger partial charge on any atom is -0.488 e. The van der Waals surface area contributed by atoms with Crippen LogP contribution in [0.2, 0.25) is 10.0 Å². The highest BCUT2D eigenvalue weighted by molar-refractivity contribution is 9.10. The van der Waals surface area contributed by atoms with E-state index < -0.39 is 12.0 Å². The zero-order chi connectivity index (χ0) is 29.3. The lowest BCUT2D eigenvalue weighted by atomic mass is 9.96. The van der Waals surface area contributed by atoms with Crippen molar-refractivity contribution < 1.29 is 14.3 Å². The SMILES string of the molecule is CCOC(=O)C1=C(C)N=c2s/c(=C\c3ccc(OCc4ccc(Cl)cc4Cl)c(Br)c3)c(=O)n2[C@H]1c1ccc(Br)cc1. The summed E-state index contributed by atoms with van der Waals surface area (Å²) in [7, 11) is 0. The third-order valence-electron chi connectivity index (χ3n) is 6.35. The van der Waals surface area contributed by atoms with Crippen molar-refractivity contribution >= 4 is 78.4 Å². The Morgan fingerprint density at radius 2 is 1.85 bits per heavy atom. The number of hydrogen-bond donors (Lipinski definition) is 0. The van der Waals surface area contributed by atoms with Crippen LogP contribution in [-0.4, -0.2) is 17.1 Å². The molecule has 6 nitrogen and oxygen atoms in total. The maximum Gasteiger partial charge on any atom is 0.338 e. The summed E-state index contributed by atoms with van der Waals surface area (Å²) in [5.74, 6) is 0.134. The van der Waals surface area contributed by atoms with Crippen LogP contribution in [0.4, 0.5) is 0 Å². The number of halogens is 4. The van der Waals surface area contributed by atoms with E-state index in [0.29, 0.717) is 36.4 Å². The fourth-order valence-electron chi connectivity index (χ4n) is 4.42. The van der Waals surface area contributed by atoms with Crippen molar-refractivity contribution in [3.8, 4) is 5.75 Å². The molecule has 1 aromatic heterocycles. The number of benzene rings is 3. The summed E-state index contributed by atoms with van der Waals surface area (Å²) in [6.07, 6.45) is 1.80. The number of ether oxygens (including phenoxy) is 2. The number of thiazole rings is 1. The number of carbonyl (C=O) groups excluding carboxylic acids is 1. The minimum absolute atomic E-state index is 0.217. The predicted molar refractivity (Wildman–Crippen MR) is 169 cm³/mol. The Morgan fingerprint density at radius 3 is 2.54 bits per heavy atom. The fraction of sp³-hybridized carbons (Fsp3) is 0.167. The number of aromatic nitrogens is 1. The van der Waals surface area contributed by atoms with Crippen molar-refractivity contribution in [3.63, 3.8) is 0 Å². The predicted octanol–water partition coefficient (Wildman–Crippen LogP) is 7.21. The second-order valence-electron chi connectivity index (χ2n) is 9.07. The molecule has 4 aromatic rings. The standard InChI is InChI=1S/C30H22Br2Cl2N2O4S/c1-3-39-29(38)26-16(2)35-30-36(27(26)18-5-8-20(31)9-6-18)28(37)25(41-30)13-17-4-11-24(22(32)12-17)40-15-19-7-10-21(33)14-23(19)34/h4-14,27H,3,15H2,1-2H3/b25-13-/t27-/m0/s1. The van der Waals surface area contributed by atoms with Gasteiger partial charge in [0.15, 0.2) is 4.80 Å². The smallest absolute Gasteiger partial charge is 0.338 e. The molecule has 3 aromatic carbocycles. The minimum atomic E-state index is -0.664. The van der Waals surface area contributed by atoms with Gasteiger partial charge in [-0.1, -0.05) is 74.7 Å². The molecule has 0 saturated carbocycles. The lowest BCUT2D eigenvalue weighted by Gasteiger charge is -2.24. The van der Waals surface area contributed by atoms with E-state index in [1.54, 1.807) is 36.6 Å². The number of hydrogen-bond acceptors (Lipinski definition) is 6. The maximum absolute atomic E-state index is 13.8. The molecule has 0 unspecified atom stereocenters. The largest absolute Gasteiger partial charge is 0.488 e. The summed E-state index contributed by atoms with van der Waals surface area (Å²) >= 11 is 20.6. The molecule has 0 fully saturated rings. The first-order chi connectivity index (χ1) is 19.7. The van der Waals surface area contributed by atoms with Crippen LogP contribution in [0.1, 0.15) is 36.6 Å². The molecule has 1 aliphatic heterocycles. The molecule has 0 radical (unpaired) electrons. The zero-order valence-corrected chi connectivity index (χ0v) is 27.3. The Kier molecular flexibility index (Phi) is 9.21. The van der Waals surface area contributed by atoms with Gasteiger partial charge in [0, 0.05) is 20.1 Å². The van der Waals surface area contributed by atoms with E-state index in [4.69, 9.17) is 32.7 Å². The van der Waals surface area contributed by atoms with Crippen LogP contribution < -0.4 is 19.6 Å². The van der Waals surface area contributed by atoms with E-state index in [2.05, 4.69) is 36.9 Å². The van der Waals surface area contributed by atoms with Crippen molar-refractivity contribution in [2.45, 2.75) is 26.5 Å². The molecule has 0 amide bonds. The summed E-state index contributed by atoms with van der Waals surface area (Å²) in [5, 5.41) is 1.09. The van der Waals surface area contributed by atoms with Crippen LogP contribution in [0, 0.1) is 0 Å². The van der Waals surface area contributed by atoms with Gasteiger partial charge in [-0.15, -0.1) is 0 Å². The second kappa shape index (κ2) is 12.7. The lowest BCUT2D eigenvalue weighted by molar-refractivity contribution is -0.139.